The minimum atomic E-state index is -0.213. The monoisotopic (exact) mass is 481 g/mol. The summed E-state index contributed by atoms with van der Waals surface area (Å²) in [6, 6.07) is 16.5. The first-order valence-corrected chi connectivity index (χ1v) is 13.1. The molecule has 1 spiro atoms. The molecule has 6 heteroatoms. The SMILES string of the molecule is CC[C@H](C)N1CC2(CCN(c3ccc4c(c3)Cn3cc(-c5ccc(F)cc5)cc3-c3nccn3-4)C2)C1. The highest BCUT2D eigenvalue weighted by Gasteiger charge is 2.48. The molecule has 5 heterocycles. The van der Waals surface area contributed by atoms with Crippen LogP contribution < -0.4 is 4.90 Å². The fourth-order valence-corrected chi connectivity index (χ4v) is 6.43. The van der Waals surface area contributed by atoms with Gasteiger partial charge in [0.25, 0.3) is 0 Å². The molecule has 7 rings (SSSR count). The topological polar surface area (TPSA) is 29.2 Å². The molecule has 2 aromatic heterocycles. The van der Waals surface area contributed by atoms with Gasteiger partial charge in [0.2, 0.25) is 0 Å². The van der Waals surface area contributed by atoms with Crippen LogP contribution in [0, 0.1) is 11.2 Å². The molecule has 1 atom stereocenters. The Balaban J connectivity index is 1.20. The van der Waals surface area contributed by atoms with Crippen molar-refractivity contribution in [1.29, 1.82) is 0 Å². The van der Waals surface area contributed by atoms with E-state index in [0.717, 1.165) is 42.3 Å². The summed E-state index contributed by atoms with van der Waals surface area (Å²) in [4.78, 5) is 9.95. The maximum Gasteiger partial charge on any atom is 0.161 e. The molecule has 0 amide bonds. The van der Waals surface area contributed by atoms with Crippen molar-refractivity contribution in [3.05, 3.63) is 78.5 Å². The number of fused-ring (bicyclic) bond motifs is 5. The average Bonchev–Trinajstić information content (AvgIpc) is 3.60. The van der Waals surface area contributed by atoms with Gasteiger partial charge in [-0.25, -0.2) is 9.37 Å². The lowest BCUT2D eigenvalue weighted by atomic mass is 9.78. The quantitative estimate of drug-likeness (QED) is 0.324. The Labute approximate surface area is 211 Å². The molecule has 0 saturated carbocycles. The van der Waals surface area contributed by atoms with E-state index in [1.807, 2.05) is 18.3 Å². The van der Waals surface area contributed by atoms with Gasteiger partial charge in [-0.1, -0.05) is 19.1 Å². The third kappa shape index (κ3) is 3.42. The highest BCUT2D eigenvalue weighted by Crippen LogP contribution is 2.43. The van der Waals surface area contributed by atoms with Crippen molar-refractivity contribution in [2.75, 3.05) is 31.1 Å². The van der Waals surface area contributed by atoms with Crippen molar-refractivity contribution in [3.63, 3.8) is 0 Å². The Morgan fingerprint density at radius 2 is 1.86 bits per heavy atom. The number of nitrogens with zero attached hydrogens (tertiary/aromatic N) is 5. The van der Waals surface area contributed by atoms with E-state index < -0.39 is 0 Å². The summed E-state index contributed by atoms with van der Waals surface area (Å²) >= 11 is 0. The predicted octanol–water partition coefficient (Wildman–Crippen LogP) is 5.82. The van der Waals surface area contributed by atoms with Crippen LogP contribution in [0.5, 0.6) is 0 Å². The van der Waals surface area contributed by atoms with Crippen LogP contribution >= 0.6 is 0 Å². The standard InChI is InChI=1S/C30H32FN5/c1-3-21(2)35-19-30(20-35)10-12-33(18-30)26-8-9-27-24(14-26)17-34-16-23(22-4-6-25(31)7-5-22)15-28(34)29-32-11-13-36(27)29/h4-9,11,13-16,21H,3,10,12,17-20H2,1-2H3/t21-/m0/s1. The summed E-state index contributed by atoms with van der Waals surface area (Å²) in [6.45, 7) is 10.2. The lowest BCUT2D eigenvalue weighted by Gasteiger charge is -2.51. The predicted molar refractivity (Wildman–Crippen MR) is 142 cm³/mol. The van der Waals surface area contributed by atoms with E-state index in [-0.39, 0.29) is 5.82 Å². The number of hydrogen-bond acceptors (Lipinski definition) is 3. The molecular weight excluding hydrogens is 449 g/mol. The lowest BCUT2D eigenvalue weighted by molar-refractivity contribution is -0.0120. The number of likely N-dealkylation sites (tertiary alicyclic amines) is 1. The van der Waals surface area contributed by atoms with Crippen LogP contribution in [0.2, 0.25) is 0 Å². The molecule has 2 aromatic carbocycles. The Morgan fingerprint density at radius 1 is 1.03 bits per heavy atom. The van der Waals surface area contributed by atoms with Crippen LogP contribution in [0.3, 0.4) is 0 Å². The molecule has 0 N–H and O–H groups in total. The fraction of sp³-hybridized carbons (Fsp3) is 0.367. The van der Waals surface area contributed by atoms with E-state index in [2.05, 4.69) is 69.4 Å². The molecule has 3 aliphatic heterocycles. The number of halogens is 1. The second kappa shape index (κ2) is 8.07. The maximum absolute atomic E-state index is 13.5. The fourth-order valence-electron chi connectivity index (χ4n) is 6.43. The number of imidazole rings is 1. The Hall–Kier alpha value is -3.38. The molecule has 36 heavy (non-hydrogen) atoms. The first-order valence-electron chi connectivity index (χ1n) is 13.1. The molecule has 184 valence electrons. The minimum absolute atomic E-state index is 0.213. The summed E-state index contributed by atoms with van der Waals surface area (Å²) in [6.07, 6.45) is 8.61. The highest BCUT2D eigenvalue weighted by molar-refractivity contribution is 5.72. The zero-order chi connectivity index (χ0) is 24.4. The lowest BCUT2D eigenvalue weighted by Crippen LogP contribution is -2.60. The molecule has 0 radical (unpaired) electrons. The van der Waals surface area contributed by atoms with Gasteiger partial charge in [0, 0.05) is 74.0 Å². The third-order valence-electron chi connectivity index (χ3n) is 8.70. The van der Waals surface area contributed by atoms with Gasteiger partial charge in [-0.2, -0.15) is 0 Å². The van der Waals surface area contributed by atoms with Crippen LogP contribution in [0.1, 0.15) is 32.3 Å². The average molecular weight is 482 g/mol. The van der Waals surface area contributed by atoms with E-state index in [1.54, 1.807) is 0 Å². The molecule has 0 bridgehead atoms. The summed E-state index contributed by atoms with van der Waals surface area (Å²) < 4.78 is 18.0. The van der Waals surface area contributed by atoms with Crippen molar-refractivity contribution in [1.82, 2.24) is 19.0 Å². The van der Waals surface area contributed by atoms with Gasteiger partial charge in [0.1, 0.15) is 5.82 Å². The highest BCUT2D eigenvalue weighted by atomic mass is 19.1. The molecule has 2 fully saturated rings. The molecule has 5 nitrogen and oxygen atoms in total. The van der Waals surface area contributed by atoms with Gasteiger partial charge in [-0.3, -0.25) is 9.47 Å². The summed E-state index contributed by atoms with van der Waals surface area (Å²) in [5.74, 6) is 0.726. The summed E-state index contributed by atoms with van der Waals surface area (Å²) in [7, 11) is 0. The Bertz CT molecular complexity index is 1430. The third-order valence-corrected chi connectivity index (χ3v) is 8.70. The first kappa shape index (κ1) is 21.9. The number of anilines is 1. The molecule has 3 aliphatic rings. The Morgan fingerprint density at radius 3 is 2.67 bits per heavy atom. The summed E-state index contributed by atoms with van der Waals surface area (Å²) in [5.41, 5.74) is 7.45. The number of rotatable bonds is 4. The number of aromatic nitrogens is 3. The van der Waals surface area contributed by atoms with Crippen LogP contribution in [0.25, 0.3) is 28.3 Å². The van der Waals surface area contributed by atoms with Crippen molar-refractivity contribution in [2.24, 2.45) is 5.41 Å². The van der Waals surface area contributed by atoms with Crippen molar-refractivity contribution < 1.29 is 4.39 Å². The molecular formula is C30H32FN5. The maximum atomic E-state index is 13.5. The molecule has 2 saturated heterocycles. The second-order valence-corrected chi connectivity index (χ2v) is 11.0. The largest absolute Gasteiger partial charge is 0.371 e. The van der Waals surface area contributed by atoms with E-state index in [9.17, 15) is 4.39 Å². The molecule has 0 aliphatic carbocycles. The van der Waals surface area contributed by atoms with Gasteiger partial charge in [0.05, 0.1) is 11.4 Å². The van der Waals surface area contributed by atoms with Crippen LogP contribution in [-0.2, 0) is 6.54 Å². The number of benzene rings is 2. The molecule has 0 unspecified atom stereocenters. The zero-order valence-electron chi connectivity index (χ0n) is 21.0. The zero-order valence-corrected chi connectivity index (χ0v) is 21.0. The van der Waals surface area contributed by atoms with E-state index in [4.69, 9.17) is 4.98 Å². The minimum Gasteiger partial charge on any atom is -0.371 e. The van der Waals surface area contributed by atoms with Gasteiger partial charge in [-0.15, -0.1) is 0 Å². The van der Waals surface area contributed by atoms with Crippen molar-refractivity contribution in [2.45, 2.75) is 39.3 Å². The van der Waals surface area contributed by atoms with Crippen LogP contribution in [-0.4, -0.2) is 51.2 Å². The molecule has 4 aromatic rings. The Kier molecular flexibility index (Phi) is 4.90. The van der Waals surface area contributed by atoms with Gasteiger partial charge >= 0.3 is 0 Å². The first-order chi connectivity index (χ1) is 17.5. The van der Waals surface area contributed by atoms with E-state index in [0.29, 0.717) is 11.5 Å². The van der Waals surface area contributed by atoms with Gasteiger partial charge < -0.3 is 9.47 Å². The normalized spacial score (nSPS) is 18.9. The van der Waals surface area contributed by atoms with Crippen molar-refractivity contribution in [3.8, 4) is 28.3 Å². The van der Waals surface area contributed by atoms with E-state index >= 15 is 0 Å². The smallest absolute Gasteiger partial charge is 0.161 e. The second-order valence-electron chi connectivity index (χ2n) is 11.0. The van der Waals surface area contributed by atoms with E-state index in [1.165, 1.54) is 55.0 Å². The summed E-state index contributed by atoms with van der Waals surface area (Å²) in [5, 5.41) is 0. The van der Waals surface area contributed by atoms with Gasteiger partial charge in [0.15, 0.2) is 5.82 Å². The van der Waals surface area contributed by atoms with Crippen molar-refractivity contribution >= 4 is 5.69 Å². The number of hydrogen-bond donors (Lipinski definition) is 0. The van der Waals surface area contributed by atoms with Crippen LogP contribution in [0.4, 0.5) is 10.1 Å². The van der Waals surface area contributed by atoms with Gasteiger partial charge in [-0.05, 0) is 67.3 Å². The van der Waals surface area contributed by atoms with Crippen LogP contribution in [0.15, 0.2) is 67.1 Å².